The van der Waals surface area contributed by atoms with E-state index in [2.05, 4.69) is 17.1 Å². The predicted molar refractivity (Wildman–Crippen MR) is 79.3 cm³/mol. The van der Waals surface area contributed by atoms with Crippen molar-refractivity contribution in [3.8, 4) is 0 Å². The minimum absolute atomic E-state index is 0.106. The lowest BCUT2D eigenvalue weighted by molar-refractivity contribution is -0.118. The number of likely N-dealkylation sites (tertiary alicyclic amines) is 1. The highest BCUT2D eigenvalue weighted by Gasteiger charge is 2.22. The monoisotopic (exact) mass is 260 g/mol. The van der Waals surface area contributed by atoms with Crippen molar-refractivity contribution >= 4 is 11.6 Å². The molecule has 19 heavy (non-hydrogen) atoms. The molecule has 1 saturated heterocycles. The third-order valence-corrected chi connectivity index (χ3v) is 3.99. The zero-order valence-electron chi connectivity index (χ0n) is 12.0. The number of hydrogen-bond acceptors (Lipinski definition) is 2. The van der Waals surface area contributed by atoms with Crippen LogP contribution in [0.3, 0.4) is 0 Å². The summed E-state index contributed by atoms with van der Waals surface area (Å²) in [6.45, 7) is 5.81. The van der Waals surface area contributed by atoms with Crippen LogP contribution in [0.15, 0.2) is 24.3 Å². The molecule has 104 valence electrons. The van der Waals surface area contributed by atoms with Crippen LogP contribution in [0.4, 0.5) is 5.69 Å². The molecule has 1 aromatic carbocycles. The number of carbonyl (C=O) groups is 1. The van der Waals surface area contributed by atoms with Gasteiger partial charge in [-0.25, -0.2) is 0 Å². The minimum Gasteiger partial charge on any atom is -0.325 e. The van der Waals surface area contributed by atoms with Gasteiger partial charge in [0.25, 0.3) is 0 Å². The Morgan fingerprint density at radius 3 is 2.89 bits per heavy atom. The molecule has 1 aliphatic rings. The van der Waals surface area contributed by atoms with Gasteiger partial charge in [0.05, 0.1) is 6.54 Å². The van der Waals surface area contributed by atoms with Gasteiger partial charge in [0.2, 0.25) is 5.91 Å². The maximum atomic E-state index is 12.1. The molecule has 0 radical (unpaired) electrons. The molecule has 0 aromatic heterocycles. The van der Waals surface area contributed by atoms with Gasteiger partial charge >= 0.3 is 0 Å². The molecule has 0 spiro atoms. The van der Waals surface area contributed by atoms with Gasteiger partial charge in [-0.3, -0.25) is 9.69 Å². The lowest BCUT2D eigenvalue weighted by Crippen LogP contribution is -2.43. The van der Waals surface area contributed by atoms with E-state index < -0.39 is 0 Å². The molecular weight excluding hydrogens is 236 g/mol. The van der Waals surface area contributed by atoms with Crippen molar-refractivity contribution in [2.75, 3.05) is 18.4 Å². The Labute approximate surface area is 116 Å². The highest BCUT2D eigenvalue weighted by atomic mass is 16.2. The number of anilines is 1. The van der Waals surface area contributed by atoms with E-state index in [0.717, 1.165) is 24.2 Å². The summed E-state index contributed by atoms with van der Waals surface area (Å²) in [4.78, 5) is 14.5. The van der Waals surface area contributed by atoms with Crippen LogP contribution in [0, 0.1) is 6.92 Å². The molecule has 1 N–H and O–H groups in total. The molecule has 0 aliphatic carbocycles. The van der Waals surface area contributed by atoms with Crippen molar-refractivity contribution in [2.45, 2.75) is 45.6 Å². The maximum absolute atomic E-state index is 12.1. The summed E-state index contributed by atoms with van der Waals surface area (Å²) >= 11 is 0. The zero-order chi connectivity index (χ0) is 13.7. The molecule has 1 atom stereocenters. The SMILES string of the molecule is CCC1CCCCN1CC(=O)Nc1ccccc1C. The number of rotatable bonds is 4. The first-order chi connectivity index (χ1) is 9.20. The molecule has 1 fully saturated rings. The summed E-state index contributed by atoms with van der Waals surface area (Å²) in [5.41, 5.74) is 2.04. The number of carbonyl (C=O) groups excluding carboxylic acids is 1. The van der Waals surface area contributed by atoms with Gasteiger partial charge in [-0.1, -0.05) is 31.5 Å². The fraction of sp³-hybridized carbons (Fsp3) is 0.562. The molecule has 1 amide bonds. The van der Waals surface area contributed by atoms with Crippen molar-refractivity contribution < 1.29 is 4.79 Å². The van der Waals surface area contributed by atoms with Crippen LogP contribution in [-0.4, -0.2) is 29.9 Å². The number of para-hydroxylation sites is 1. The minimum atomic E-state index is 0.106. The third-order valence-electron chi connectivity index (χ3n) is 3.99. The Morgan fingerprint density at radius 2 is 2.16 bits per heavy atom. The Morgan fingerprint density at radius 1 is 1.37 bits per heavy atom. The number of benzene rings is 1. The Balaban J connectivity index is 1.92. The molecule has 3 nitrogen and oxygen atoms in total. The number of nitrogens with one attached hydrogen (secondary N) is 1. The standard InChI is InChI=1S/C16H24N2O/c1-3-14-9-6-7-11-18(14)12-16(19)17-15-10-5-4-8-13(15)2/h4-5,8,10,14H,3,6-7,9,11-12H2,1-2H3,(H,17,19). The molecule has 1 aromatic rings. The molecular formula is C16H24N2O. The van der Waals surface area contributed by atoms with E-state index in [1.165, 1.54) is 19.3 Å². The van der Waals surface area contributed by atoms with Gasteiger partial charge < -0.3 is 5.32 Å². The summed E-state index contributed by atoms with van der Waals surface area (Å²) in [7, 11) is 0. The van der Waals surface area contributed by atoms with Crippen LogP contribution in [0.1, 0.15) is 38.2 Å². The van der Waals surface area contributed by atoms with Crippen molar-refractivity contribution in [3.63, 3.8) is 0 Å². The fourth-order valence-corrected chi connectivity index (χ4v) is 2.82. The topological polar surface area (TPSA) is 32.3 Å². The van der Waals surface area contributed by atoms with Crippen LogP contribution >= 0.6 is 0 Å². The third kappa shape index (κ3) is 3.80. The van der Waals surface area contributed by atoms with Crippen LogP contribution in [-0.2, 0) is 4.79 Å². The molecule has 3 heteroatoms. The number of piperidine rings is 1. The molecule has 0 bridgehead atoms. The predicted octanol–water partition coefficient (Wildman–Crippen LogP) is 3.20. The average molecular weight is 260 g/mol. The quantitative estimate of drug-likeness (QED) is 0.901. The van der Waals surface area contributed by atoms with Crippen LogP contribution < -0.4 is 5.32 Å². The fourth-order valence-electron chi connectivity index (χ4n) is 2.82. The summed E-state index contributed by atoms with van der Waals surface area (Å²) < 4.78 is 0. The lowest BCUT2D eigenvalue weighted by atomic mass is 10.00. The van der Waals surface area contributed by atoms with E-state index in [1.807, 2.05) is 31.2 Å². The van der Waals surface area contributed by atoms with E-state index in [9.17, 15) is 4.79 Å². The Bertz CT molecular complexity index is 431. The van der Waals surface area contributed by atoms with Crippen molar-refractivity contribution in [1.29, 1.82) is 0 Å². The van der Waals surface area contributed by atoms with E-state index in [4.69, 9.17) is 0 Å². The van der Waals surface area contributed by atoms with Gasteiger partial charge in [0.15, 0.2) is 0 Å². The first kappa shape index (κ1) is 14.1. The van der Waals surface area contributed by atoms with Gasteiger partial charge in [-0.05, 0) is 44.4 Å². The summed E-state index contributed by atoms with van der Waals surface area (Å²) in [5.74, 6) is 0.106. The number of amides is 1. The van der Waals surface area contributed by atoms with Crippen molar-refractivity contribution in [2.24, 2.45) is 0 Å². The van der Waals surface area contributed by atoms with E-state index in [-0.39, 0.29) is 5.91 Å². The number of nitrogens with zero attached hydrogens (tertiary/aromatic N) is 1. The Kier molecular flexibility index (Phi) is 4.97. The highest BCUT2D eigenvalue weighted by molar-refractivity contribution is 5.92. The summed E-state index contributed by atoms with van der Waals surface area (Å²) in [5, 5.41) is 3.02. The maximum Gasteiger partial charge on any atom is 0.238 e. The highest BCUT2D eigenvalue weighted by Crippen LogP contribution is 2.19. The van der Waals surface area contributed by atoms with Crippen LogP contribution in [0.2, 0.25) is 0 Å². The molecule has 0 saturated carbocycles. The normalized spacial score (nSPS) is 20.2. The second-order valence-corrected chi connectivity index (χ2v) is 5.39. The van der Waals surface area contributed by atoms with Gasteiger partial charge in [-0.2, -0.15) is 0 Å². The second kappa shape index (κ2) is 6.71. The van der Waals surface area contributed by atoms with Crippen LogP contribution in [0.5, 0.6) is 0 Å². The largest absolute Gasteiger partial charge is 0.325 e. The summed E-state index contributed by atoms with van der Waals surface area (Å²) in [6, 6.07) is 8.50. The first-order valence-corrected chi connectivity index (χ1v) is 7.30. The molecule has 2 rings (SSSR count). The Hall–Kier alpha value is -1.35. The van der Waals surface area contributed by atoms with E-state index in [1.54, 1.807) is 0 Å². The zero-order valence-corrected chi connectivity index (χ0v) is 12.0. The second-order valence-electron chi connectivity index (χ2n) is 5.39. The van der Waals surface area contributed by atoms with E-state index >= 15 is 0 Å². The summed E-state index contributed by atoms with van der Waals surface area (Å²) in [6.07, 6.45) is 4.88. The van der Waals surface area contributed by atoms with Crippen molar-refractivity contribution in [3.05, 3.63) is 29.8 Å². The number of aryl methyl sites for hydroxylation is 1. The van der Waals surface area contributed by atoms with Gasteiger partial charge in [-0.15, -0.1) is 0 Å². The average Bonchev–Trinajstić information content (AvgIpc) is 2.42. The van der Waals surface area contributed by atoms with E-state index in [0.29, 0.717) is 12.6 Å². The van der Waals surface area contributed by atoms with Crippen molar-refractivity contribution in [1.82, 2.24) is 4.90 Å². The number of hydrogen-bond donors (Lipinski definition) is 1. The van der Waals surface area contributed by atoms with Gasteiger partial charge in [0, 0.05) is 11.7 Å². The van der Waals surface area contributed by atoms with Gasteiger partial charge in [0.1, 0.15) is 0 Å². The van der Waals surface area contributed by atoms with Crippen LogP contribution in [0.25, 0.3) is 0 Å². The smallest absolute Gasteiger partial charge is 0.238 e. The molecule has 1 heterocycles. The first-order valence-electron chi connectivity index (χ1n) is 7.30. The lowest BCUT2D eigenvalue weighted by Gasteiger charge is -2.34. The molecule has 1 aliphatic heterocycles. The molecule has 1 unspecified atom stereocenters.